The zero-order valence-corrected chi connectivity index (χ0v) is 43.3. The fourth-order valence-corrected chi connectivity index (χ4v) is 9.86. The molecule has 6 N–H and O–H groups in total. The molecule has 3 saturated heterocycles. The summed E-state index contributed by atoms with van der Waals surface area (Å²) < 4.78 is 61.2. The maximum atomic E-state index is 14.1. The molecule has 1 unspecified atom stereocenters. The van der Waals surface area contributed by atoms with Crippen LogP contribution in [0, 0.1) is 23.7 Å². The lowest BCUT2D eigenvalue weighted by Gasteiger charge is -2.47. The van der Waals surface area contributed by atoms with E-state index in [4.69, 9.17) is 57.9 Å². The summed E-state index contributed by atoms with van der Waals surface area (Å²) >= 11 is 0. The van der Waals surface area contributed by atoms with Gasteiger partial charge in [0.2, 0.25) is 0 Å². The van der Waals surface area contributed by atoms with Crippen LogP contribution < -0.4 is 5.73 Å². The molecule has 404 valence electrons. The molecule has 4 aliphatic rings. The average Bonchev–Trinajstić information content (AvgIpc) is 3.72. The molecule has 1 aromatic carbocycles. The van der Waals surface area contributed by atoms with Gasteiger partial charge in [-0.2, -0.15) is 0 Å². The van der Waals surface area contributed by atoms with Gasteiger partial charge < -0.3 is 83.1 Å². The highest BCUT2D eigenvalue weighted by molar-refractivity contribution is 5.91. The minimum atomic E-state index is -1.26. The van der Waals surface area contributed by atoms with E-state index in [-0.39, 0.29) is 64.4 Å². The second-order valence-electron chi connectivity index (χ2n) is 19.7. The Morgan fingerprint density at radius 1 is 0.917 bits per heavy atom. The first-order chi connectivity index (χ1) is 34.5. The van der Waals surface area contributed by atoms with Gasteiger partial charge in [0, 0.05) is 38.6 Å². The molecule has 0 radical (unpaired) electrons. The summed E-state index contributed by atoms with van der Waals surface area (Å²) in [4.78, 5) is 42.8. The number of likely N-dealkylation sites (N-methyl/N-ethyl adjacent to an activating group) is 1. The number of imidazole rings is 1. The van der Waals surface area contributed by atoms with Gasteiger partial charge in [-0.3, -0.25) is 9.59 Å². The third-order valence-electron chi connectivity index (χ3n) is 14.0. The number of esters is 1. The first-order valence-corrected chi connectivity index (χ1v) is 25.1. The van der Waals surface area contributed by atoms with Crippen LogP contribution in [0.15, 0.2) is 47.2 Å². The van der Waals surface area contributed by atoms with E-state index in [1.807, 2.05) is 45.0 Å². The normalized spacial score (nSPS) is 36.7. The number of aromatic nitrogens is 2. The van der Waals surface area contributed by atoms with Crippen LogP contribution >= 0.6 is 0 Å². The number of cyclic esters (lactones) is 1. The van der Waals surface area contributed by atoms with E-state index in [1.165, 1.54) is 14.2 Å². The van der Waals surface area contributed by atoms with E-state index in [2.05, 4.69) is 15.1 Å². The lowest BCUT2D eigenvalue weighted by molar-refractivity contribution is -0.305. The highest BCUT2D eigenvalue weighted by Gasteiger charge is 2.48. The monoisotopic (exact) mass is 1020 g/mol. The van der Waals surface area contributed by atoms with E-state index in [9.17, 15) is 24.9 Å². The molecule has 3 fully saturated rings. The molecule has 6 rings (SSSR count). The summed E-state index contributed by atoms with van der Waals surface area (Å²) in [6, 6.07) is 5.18. The summed E-state index contributed by atoms with van der Waals surface area (Å²) in [7, 11) is 6.49. The molecule has 0 aliphatic carbocycles. The van der Waals surface area contributed by atoms with Crippen LogP contribution in [0.2, 0.25) is 0 Å². The van der Waals surface area contributed by atoms with Crippen molar-refractivity contribution in [2.75, 3.05) is 86.9 Å². The van der Waals surface area contributed by atoms with Gasteiger partial charge in [0.05, 0.1) is 93.7 Å². The van der Waals surface area contributed by atoms with Gasteiger partial charge in [0.15, 0.2) is 24.3 Å². The van der Waals surface area contributed by atoms with Crippen LogP contribution in [0.25, 0.3) is 11.0 Å². The Balaban J connectivity index is 1.22. The Kier molecular flexibility index (Phi) is 21.9. The highest BCUT2D eigenvalue weighted by atomic mass is 16.7. The number of carbonyl (C=O) groups excluding carboxylic acids is 2. The number of methoxy groups -OCH3 is 2. The number of nitrogens with two attached hydrogens (primary N) is 1. The number of anilines is 1. The molecule has 21 heteroatoms. The number of H-pyrrole nitrogens is 1. The molecule has 1 aromatic heterocycles. The number of carbonyl (C=O) groups is 2. The van der Waals surface area contributed by atoms with Gasteiger partial charge in [0.1, 0.15) is 36.7 Å². The first-order valence-electron chi connectivity index (χ1n) is 25.1. The van der Waals surface area contributed by atoms with Crippen LogP contribution in [0.1, 0.15) is 59.4 Å². The highest BCUT2D eigenvalue weighted by Crippen LogP contribution is 2.36. The summed E-state index contributed by atoms with van der Waals surface area (Å²) in [6.45, 7) is 10.1. The molecule has 0 amide bonds. The molecule has 2 aromatic rings. The summed E-state index contributed by atoms with van der Waals surface area (Å²) in [5, 5.41) is 37.9. The molecule has 5 heterocycles. The number of rotatable bonds is 15. The number of oxime groups is 1. The molecule has 21 nitrogen and oxygen atoms in total. The van der Waals surface area contributed by atoms with Crippen LogP contribution in [0.3, 0.4) is 0 Å². The van der Waals surface area contributed by atoms with Gasteiger partial charge in [-0.25, -0.2) is 4.98 Å². The fourth-order valence-electron chi connectivity index (χ4n) is 9.86. The number of hydrogen-bond acceptors (Lipinski definition) is 20. The van der Waals surface area contributed by atoms with Gasteiger partial charge in [-0.1, -0.05) is 42.8 Å². The number of aromatic amines is 1. The topological polar surface area (TPSA) is 267 Å². The number of aliphatic hydroxyl groups excluding tert-OH is 3. The van der Waals surface area contributed by atoms with Crippen molar-refractivity contribution in [2.45, 2.75) is 134 Å². The van der Waals surface area contributed by atoms with Crippen molar-refractivity contribution in [3.05, 3.63) is 47.6 Å². The lowest BCUT2D eigenvalue weighted by Crippen LogP contribution is -2.63. The SMILES string of the molecule is CO[C@@H]1[C@H](O)[C@@H](C)O[C@@H](OC[C@H]2/C=C(C)/C=C/C(=O)[C@H](C)CC3CCOC/C(=N\OCCOCCc4ccc5nc(N)[nH]c5c4)CO[C@H](CC(=O)OC2)[C@H](C)[C@H]3O[C@@H]2O[C@H](C)[C@@H](O)[C@H](N(C)C)[C@H]2O)[C@@H]1OC. The number of hydrogen-bond donors (Lipinski definition) is 5. The number of aliphatic hydroxyl groups is 3. The molecule has 4 aliphatic heterocycles. The molecule has 0 spiro atoms. The summed E-state index contributed by atoms with van der Waals surface area (Å²) in [5.41, 5.74) is 9.68. The number of nitrogen functional groups attached to an aromatic ring is 1. The van der Waals surface area contributed by atoms with Crippen molar-refractivity contribution in [3.63, 3.8) is 0 Å². The van der Waals surface area contributed by atoms with E-state index in [0.29, 0.717) is 37.5 Å². The third kappa shape index (κ3) is 15.6. The van der Waals surface area contributed by atoms with Crippen LogP contribution in [-0.4, -0.2) is 202 Å². The van der Waals surface area contributed by atoms with Gasteiger partial charge in [-0.05, 0) is 83.8 Å². The molecule has 16 atom stereocenters. The van der Waals surface area contributed by atoms with Crippen molar-refractivity contribution in [3.8, 4) is 0 Å². The molecular weight excluding hydrogens is 939 g/mol. The summed E-state index contributed by atoms with van der Waals surface area (Å²) in [6.07, 6.45) is -3.35. The number of fused-ring (bicyclic) bond motifs is 4. The van der Waals surface area contributed by atoms with Crippen molar-refractivity contribution >= 4 is 34.4 Å². The second kappa shape index (κ2) is 27.6. The van der Waals surface area contributed by atoms with Crippen LogP contribution in [0.5, 0.6) is 0 Å². The quantitative estimate of drug-likeness (QED) is 0.0975. The lowest BCUT2D eigenvalue weighted by atomic mass is 9.79. The van der Waals surface area contributed by atoms with Crippen LogP contribution in [-0.2, 0) is 68.2 Å². The number of ether oxygens (including phenoxy) is 10. The smallest absolute Gasteiger partial charge is 0.308 e. The van der Waals surface area contributed by atoms with Crippen molar-refractivity contribution < 1.29 is 77.1 Å². The Morgan fingerprint density at radius 3 is 2.42 bits per heavy atom. The minimum absolute atomic E-state index is 0.0221. The second-order valence-corrected chi connectivity index (χ2v) is 19.7. The molecular formula is C51H79N5O16. The zero-order chi connectivity index (χ0) is 52.1. The van der Waals surface area contributed by atoms with Crippen molar-refractivity contribution in [1.29, 1.82) is 0 Å². The van der Waals surface area contributed by atoms with Gasteiger partial charge in [-0.15, -0.1) is 0 Å². The molecule has 2 bridgehead atoms. The number of nitrogens with zero attached hydrogens (tertiary/aromatic N) is 3. The predicted molar refractivity (Wildman–Crippen MR) is 264 cm³/mol. The van der Waals surface area contributed by atoms with Gasteiger partial charge >= 0.3 is 5.97 Å². The first kappa shape index (κ1) is 57.3. The molecule has 0 saturated carbocycles. The maximum absolute atomic E-state index is 14.1. The fraction of sp³-hybridized carbons (Fsp3) is 0.725. The van der Waals surface area contributed by atoms with Crippen LogP contribution in [0.4, 0.5) is 5.95 Å². The Morgan fingerprint density at radius 2 is 1.67 bits per heavy atom. The number of allylic oxidation sites excluding steroid dienone is 3. The standard InChI is InChI=1S/C51H79N5O16/c1-28-10-13-39(57)29(2)21-35-15-17-65-26-36(55-69-19-18-64-16-14-33-11-12-37-38(22-33)54-51(52)53-37)27-66-40(30(3)46(35)72-49-45(61)42(56(6)7)43(59)31(4)70-49)23-41(58)67-24-34(20-28)25-68-50-48(63-9)47(62-8)44(60)32(5)71-50/h10-13,20,22,29-32,34-35,40,42-50,59-61H,14-19,21,23-27H2,1-9H3,(H3,52,53,54)/b13-10+,28-20+,55-36+/t29-,30+,31-,32-,34+,35?,40-,42+,43-,44-,45-,46-,47-,48-,49+,50-/m1/s1. The number of benzene rings is 1. The van der Waals surface area contributed by atoms with Gasteiger partial charge in [0.25, 0.3) is 0 Å². The Bertz CT molecular complexity index is 2120. The van der Waals surface area contributed by atoms with E-state index in [1.54, 1.807) is 45.0 Å². The van der Waals surface area contributed by atoms with E-state index < -0.39 is 97.3 Å². The third-order valence-corrected chi connectivity index (χ3v) is 14.0. The number of nitrogens with one attached hydrogen (secondary N) is 1. The summed E-state index contributed by atoms with van der Waals surface area (Å²) in [5.74, 6) is -2.26. The van der Waals surface area contributed by atoms with Crippen molar-refractivity contribution in [2.24, 2.45) is 28.8 Å². The maximum Gasteiger partial charge on any atom is 0.308 e. The average molecular weight is 1020 g/mol. The van der Waals surface area contributed by atoms with Crippen molar-refractivity contribution in [1.82, 2.24) is 14.9 Å². The Hall–Kier alpha value is -3.94. The van der Waals surface area contributed by atoms with E-state index >= 15 is 0 Å². The Labute approximate surface area is 422 Å². The minimum Gasteiger partial charge on any atom is -0.465 e. The predicted octanol–water partition coefficient (Wildman–Crippen LogP) is 2.73. The van der Waals surface area contributed by atoms with E-state index in [0.717, 1.165) is 22.2 Å². The number of ketones is 1. The molecule has 72 heavy (non-hydrogen) atoms. The largest absolute Gasteiger partial charge is 0.465 e. The zero-order valence-electron chi connectivity index (χ0n) is 43.3.